The molecule has 0 amide bonds. The Morgan fingerprint density at radius 3 is 2.48 bits per heavy atom. The molecule has 1 heterocycles. The van der Waals surface area contributed by atoms with E-state index in [1.807, 2.05) is 13.8 Å². The van der Waals surface area contributed by atoms with Gasteiger partial charge in [-0.05, 0) is 93.1 Å². The Hall–Kier alpha value is -0.790. The van der Waals surface area contributed by atoms with Crippen molar-refractivity contribution in [3.05, 3.63) is 11.1 Å². The first-order valence-corrected chi connectivity index (χ1v) is 13.2. The van der Waals surface area contributed by atoms with Crippen molar-refractivity contribution in [1.29, 1.82) is 0 Å². The van der Waals surface area contributed by atoms with Crippen LogP contribution in [-0.4, -0.2) is 62.7 Å². The third-order valence-electron chi connectivity index (χ3n) is 10.9. The van der Waals surface area contributed by atoms with E-state index in [0.717, 1.165) is 37.0 Å². The van der Waals surface area contributed by atoms with Gasteiger partial charge in [-0.3, -0.25) is 4.79 Å². The summed E-state index contributed by atoms with van der Waals surface area (Å²) < 4.78 is 0. The van der Waals surface area contributed by atoms with Crippen molar-refractivity contribution in [1.82, 2.24) is 5.32 Å². The maximum Gasteiger partial charge on any atom is 0.163 e. The van der Waals surface area contributed by atoms with Gasteiger partial charge < -0.3 is 25.7 Å². The van der Waals surface area contributed by atoms with Gasteiger partial charge in [-0.15, -0.1) is 0 Å². The Labute approximate surface area is 197 Å². The second-order valence-electron chi connectivity index (χ2n) is 12.6. The normalized spacial score (nSPS) is 53.3. The summed E-state index contributed by atoms with van der Waals surface area (Å²) in [6.07, 6.45) is 3.30. The van der Waals surface area contributed by atoms with E-state index in [1.54, 1.807) is 0 Å². The molecule has 0 aromatic carbocycles. The number of Topliss-reactive ketones (excluding diaryl/α,β-unsaturated/α-hetero) is 1. The number of ketones is 1. The topological polar surface area (TPSA) is 110 Å². The molecule has 6 heteroatoms. The quantitative estimate of drug-likeness (QED) is 0.431. The number of aliphatic hydroxyl groups excluding tert-OH is 3. The lowest BCUT2D eigenvalue weighted by Gasteiger charge is -2.54. The van der Waals surface area contributed by atoms with Crippen LogP contribution in [0, 0.1) is 40.9 Å². The lowest BCUT2D eigenvalue weighted by molar-refractivity contribution is -0.148. The molecule has 4 aliphatic carbocycles. The third-order valence-corrected chi connectivity index (χ3v) is 10.9. The zero-order valence-corrected chi connectivity index (χ0v) is 20.6. The van der Waals surface area contributed by atoms with E-state index in [-0.39, 0.29) is 46.8 Å². The number of carbonyl (C=O) groups excluding carboxylic acids is 1. The van der Waals surface area contributed by atoms with Gasteiger partial charge in [0.1, 0.15) is 0 Å². The summed E-state index contributed by atoms with van der Waals surface area (Å²) in [4.78, 5) is 14.0. The highest BCUT2D eigenvalue weighted by Crippen LogP contribution is 2.64. The maximum atomic E-state index is 14.0. The van der Waals surface area contributed by atoms with Crippen LogP contribution < -0.4 is 5.32 Å². The number of hydrogen-bond donors (Lipinski definition) is 5. The van der Waals surface area contributed by atoms with Crippen molar-refractivity contribution >= 4 is 5.78 Å². The third kappa shape index (κ3) is 3.42. The van der Waals surface area contributed by atoms with Crippen LogP contribution in [0.2, 0.25) is 0 Å². The monoisotopic (exact) mass is 461 g/mol. The van der Waals surface area contributed by atoms with E-state index in [1.165, 1.54) is 0 Å². The molecule has 3 saturated carbocycles. The van der Waals surface area contributed by atoms with Gasteiger partial charge >= 0.3 is 0 Å². The van der Waals surface area contributed by atoms with Crippen molar-refractivity contribution < 1.29 is 25.2 Å². The minimum Gasteiger partial charge on any atom is -0.393 e. The standard InChI is InChI=1S/C27H43NO5/c1-13-9-21(31)24(28-12-13)15(3)27(33)8-6-17-18-11-20(30)19-10-16(29)5-7-26(19,4)23(18)25(32)22(17)14(27)2/h13,15-21,23-24,28-31,33H,5-12H2,1-4H3/t13-,15+,16-,17-,18-,19+,20-,21+,23+,24-,26-,27-/m0/s1. The number of nitrogens with one attached hydrogen (secondary N) is 1. The zero-order valence-electron chi connectivity index (χ0n) is 20.6. The number of rotatable bonds is 2. The molecule has 186 valence electrons. The second kappa shape index (κ2) is 8.12. The van der Waals surface area contributed by atoms with E-state index in [9.17, 15) is 25.2 Å². The van der Waals surface area contributed by atoms with Crippen LogP contribution in [0.25, 0.3) is 0 Å². The van der Waals surface area contributed by atoms with Gasteiger partial charge in [0.05, 0.1) is 23.9 Å². The van der Waals surface area contributed by atoms with Gasteiger partial charge in [-0.1, -0.05) is 20.8 Å². The van der Waals surface area contributed by atoms with Crippen LogP contribution in [0.1, 0.15) is 72.6 Å². The Morgan fingerprint density at radius 1 is 1.06 bits per heavy atom. The number of aliphatic hydroxyl groups is 4. The Morgan fingerprint density at radius 2 is 1.79 bits per heavy atom. The molecular formula is C27H43NO5. The van der Waals surface area contributed by atoms with Gasteiger partial charge in [0.25, 0.3) is 0 Å². The van der Waals surface area contributed by atoms with Gasteiger partial charge in [0.2, 0.25) is 0 Å². The molecular weight excluding hydrogens is 418 g/mol. The molecule has 0 aromatic rings. The number of carbonyl (C=O) groups is 1. The van der Waals surface area contributed by atoms with Crippen LogP contribution in [-0.2, 0) is 4.79 Å². The molecule has 1 aliphatic heterocycles. The highest BCUT2D eigenvalue weighted by Gasteiger charge is 2.64. The van der Waals surface area contributed by atoms with Crippen LogP contribution in [0.5, 0.6) is 0 Å². The minimum absolute atomic E-state index is 0.0473. The Kier molecular flexibility index (Phi) is 5.89. The van der Waals surface area contributed by atoms with Crippen molar-refractivity contribution in [2.75, 3.05) is 6.54 Å². The predicted octanol–water partition coefficient (Wildman–Crippen LogP) is 2.19. The second-order valence-corrected chi connectivity index (χ2v) is 12.6. The van der Waals surface area contributed by atoms with Crippen molar-refractivity contribution in [2.45, 2.75) is 103 Å². The summed E-state index contributed by atoms with van der Waals surface area (Å²) in [6, 6.07) is -0.194. The minimum atomic E-state index is -1.12. The molecule has 0 radical (unpaired) electrons. The van der Waals surface area contributed by atoms with E-state index in [0.29, 0.717) is 31.6 Å². The largest absolute Gasteiger partial charge is 0.393 e. The summed E-state index contributed by atoms with van der Waals surface area (Å²) in [6.45, 7) is 9.05. The van der Waals surface area contributed by atoms with Gasteiger partial charge in [-0.2, -0.15) is 0 Å². The van der Waals surface area contributed by atoms with Crippen LogP contribution in [0.3, 0.4) is 0 Å². The van der Waals surface area contributed by atoms with Crippen LogP contribution in [0.15, 0.2) is 11.1 Å². The fourth-order valence-electron chi connectivity index (χ4n) is 8.96. The smallest absolute Gasteiger partial charge is 0.163 e. The molecule has 33 heavy (non-hydrogen) atoms. The van der Waals surface area contributed by atoms with Crippen LogP contribution in [0.4, 0.5) is 0 Å². The molecule has 0 unspecified atom stereocenters. The highest BCUT2D eigenvalue weighted by molar-refractivity contribution is 6.02. The average molecular weight is 462 g/mol. The lowest BCUT2D eigenvalue weighted by Crippen LogP contribution is -2.58. The number of hydrogen-bond acceptors (Lipinski definition) is 6. The molecule has 1 saturated heterocycles. The fourth-order valence-corrected chi connectivity index (χ4v) is 8.96. The molecule has 0 spiro atoms. The summed E-state index contributed by atoms with van der Waals surface area (Å²) in [5, 5.41) is 47.5. The maximum absolute atomic E-state index is 14.0. The lowest BCUT2D eigenvalue weighted by atomic mass is 9.51. The summed E-state index contributed by atoms with van der Waals surface area (Å²) >= 11 is 0. The first kappa shape index (κ1) is 23.9. The Balaban J connectivity index is 1.49. The van der Waals surface area contributed by atoms with Crippen LogP contribution >= 0.6 is 0 Å². The molecule has 5 N–H and O–H groups in total. The van der Waals surface area contributed by atoms with Gasteiger partial charge in [0, 0.05) is 23.5 Å². The van der Waals surface area contributed by atoms with E-state index >= 15 is 0 Å². The van der Waals surface area contributed by atoms with E-state index in [4.69, 9.17) is 0 Å². The molecule has 4 fully saturated rings. The molecule has 5 rings (SSSR count). The van der Waals surface area contributed by atoms with Crippen molar-refractivity contribution in [2.24, 2.45) is 40.9 Å². The average Bonchev–Trinajstić information content (AvgIpc) is 3.04. The number of piperidine rings is 1. The molecule has 5 aliphatic rings. The molecule has 6 nitrogen and oxygen atoms in total. The van der Waals surface area contributed by atoms with Gasteiger partial charge in [0.15, 0.2) is 5.78 Å². The molecule has 0 bridgehead atoms. The first-order chi connectivity index (χ1) is 15.5. The van der Waals surface area contributed by atoms with E-state index < -0.39 is 23.9 Å². The van der Waals surface area contributed by atoms with Gasteiger partial charge in [-0.25, -0.2) is 0 Å². The zero-order chi connectivity index (χ0) is 23.9. The molecule has 0 aromatic heterocycles. The summed E-state index contributed by atoms with van der Waals surface area (Å²) in [7, 11) is 0. The Bertz CT molecular complexity index is 842. The van der Waals surface area contributed by atoms with Crippen molar-refractivity contribution in [3.63, 3.8) is 0 Å². The van der Waals surface area contributed by atoms with Crippen molar-refractivity contribution in [3.8, 4) is 0 Å². The fraction of sp³-hybridized carbons (Fsp3) is 0.889. The first-order valence-electron chi connectivity index (χ1n) is 13.2. The summed E-state index contributed by atoms with van der Waals surface area (Å²) in [5.74, 6) is 0.407. The van der Waals surface area contributed by atoms with E-state index in [2.05, 4.69) is 19.2 Å². The number of fused-ring (bicyclic) bond motifs is 5. The highest BCUT2D eigenvalue weighted by atomic mass is 16.3. The SMILES string of the molecule is CC1=C2C(=O)[C@H]3[C@@H](C[C@H](O)[C@H]4C[C@@H](O)CC[C@@]43C)[C@@H]2CC[C@@]1(O)[C@H](C)[C@@H]1NC[C@@H](C)C[C@H]1O. The summed E-state index contributed by atoms with van der Waals surface area (Å²) in [5.41, 5.74) is 0.188. The predicted molar refractivity (Wildman–Crippen MR) is 125 cm³/mol. The molecule has 12 atom stereocenters. The number of allylic oxidation sites excluding steroid dienone is 1.